The highest BCUT2D eigenvalue weighted by Crippen LogP contribution is 2.20. The molecule has 0 aliphatic carbocycles. The predicted octanol–water partition coefficient (Wildman–Crippen LogP) is 1.82. The lowest BCUT2D eigenvalue weighted by molar-refractivity contribution is 0.600. The zero-order valence-corrected chi connectivity index (χ0v) is 12.7. The van der Waals surface area contributed by atoms with Crippen molar-refractivity contribution in [2.75, 3.05) is 16.6 Å². The molecule has 2 aromatic heterocycles. The van der Waals surface area contributed by atoms with E-state index < -0.39 is 10.0 Å². The zero-order chi connectivity index (χ0) is 15.5. The third-order valence-corrected chi connectivity index (χ3v) is 4.40. The van der Waals surface area contributed by atoms with Crippen LogP contribution in [0, 0.1) is 13.8 Å². The minimum atomic E-state index is -3.70. The lowest BCUT2D eigenvalue weighted by Gasteiger charge is -2.08. The summed E-state index contributed by atoms with van der Waals surface area (Å²) in [5.74, 6) is 0.249. The first-order valence-corrected chi connectivity index (χ1v) is 7.77. The number of rotatable bonds is 6. The molecule has 0 fully saturated rings. The van der Waals surface area contributed by atoms with E-state index in [1.807, 2.05) is 0 Å². The van der Waals surface area contributed by atoms with E-state index in [2.05, 4.69) is 31.8 Å². The van der Waals surface area contributed by atoms with Crippen LogP contribution >= 0.6 is 0 Å². The Labute approximate surface area is 123 Å². The van der Waals surface area contributed by atoms with Gasteiger partial charge in [-0.2, -0.15) is 5.10 Å². The molecule has 0 spiro atoms. The predicted molar refractivity (Wildman–Crippen MR) is 81.8 cm³/mol. The Bertz CT molecular complexity index is 715. The SMILES string of the molecule is C=CCNc1ccc(NS(=O)(=O)c2c(C)n[nH]c2C)nc1. The molecule has 0 saturated carbocycles. The molecule has 0 amide bonds. The second kappa shape index (κ2) is 5.96. The molecule has 0 atom stereocenters. The lowest BCUT2D eigenvalue weighted by Crippen LogP contribution is -2.15. The first-order chi connectivity index (χ1) is 9.94. The van der Waals surface area contributed by atoms with Crippen LogP contribution in [0.2, 0.25) is 0 Å². The summed E-state index contributed by atoms with van der Waals surface area (Å²) < 4.78 is 27.1. The van der Waals surface area contributed by atoms with Crippen molar-refractivity contribution in [3.05, 3.63) is 42.4 Å². The zero-order valence-electron chi connectivity index (χ0n) is 11.8. The van der Waals surface area contributed by atoms with Gasteiger partial charge < -0.3 is 5.32 Å². The van der Waals surface area contributed by atoms with Crippen molar-refractivity contribution in [2.45, 2.75) is 18.7 Å². The van der Waals surface area contributed by atoms with Crippen LogP contribution in [0.25, 0.3) is 0 Å². The van der Waals surface area contributed by atoms with Crippen molar-refractivity contribution in [1.82, 2.24) is 15.2 Å². The number of H-pyrrole nitrogens is 1. The lowest BCUT2D eigenvalue weighted by atomic mass is 10.4. The fourth-order valence-electron chi connectivity index (χ4n) is 1.87. The average molecular weight is 307 g/mol. The van der Waals surface area contributed by atoms with Gasteiger partial charge in [-0.3, -0.25) is 9.82 Å². The summed E-state index contributed by atoms with van der Waals surface area (Å²) in [6.45, 7) is 7.50. The van der Waals surface area contributed by atoms with Crippen LogP contribution in [-0.2, 0) is 10.0 Å². The van der Waals surface area contributed by atoms with Crippen LogP contribution in [0.4, 0.5) is 11.5 Å². The maximum atomic E-state index is 12.3. The summed E-state index contributed by atoms with van der Waals surface area (Å²) >= 11 is 0. The smallest absolute Gasteiger partial charge is 0.266 e. The van der Waals surface area contributed by atoms with Gasteiger partial charge in [-0.1, -0.05) is 6.08 Å². The quantitative estimate of drug-likeness (QED) is 0.707. The molecule has 0 bridgehead atoms. The van der Waals surface area contributed by atoms with Crippen molar-refractivity contribution in [2.24, 2.45) is 0 Å². The molecular weight excluding hydrogens is 290 g/mol. The van der Waals surface area contributed by atoms with E-state index in [1.165, 1.54) is 0 Å². The Balaban J connectivity index is 2.19. The van der Waals surface area contributed by atoms with Crippen molar-refractivity contribution in [1.29, 1.82) is 0 Å². The Kier molecular flexibility index (Phi) is 4.27. The normalized spacial score (nSPS) is 11.1. The number of hydrogen-bond acceptors (Lipinski definition) is 5. The average Bonchev–Trinajstić information content (AvgIpc) is 2.77. The molecule has 3 N–H and O–H groups in total. The highest BCUT2D eigenvalue weighted by molar-refractivity contribution is 7.92. The Hall–Kier alpha value is -2.35. The number of sulfonamides is 1. The molecule has 0 radical (unpaired) electrons. The van der Waals surface area contributed by atoms with Crippen LogP contribution < -0.4 is 10.0 Å². The summed E-state index contributed by atoms with van der Waals surface area (Å²) in [5.41, 5.74) is 1.70. The van der Waals surface area contributed by atoms with E-state index in [9.17, 15) is 8.42 Å². The van der Waals surface area contributed by atoms with Crippen LogP contribution in [0.3, 0.4) is 0 Å². The van der Waals surface area contributed by atoms with E-state index in [1.54, 1.807) is 38.3 Å². The van der Waals surface area contributed by atoms with Crippen LogP contribution in [0.15, 0.2) is 35.9 Å². The number of pyridine rings is 1. The fraction of sp³-hybridized carbons (Fsp3) is 0.231. The van der Waals surface area contributed by atoms with Crippen LogP contribution in [0.1, 0.15) is 11.4 Å². The minimum absolute atomic E-state index is 0.151. The van der Waals surface area contributed by atoms with Gasteiger partial charge >= 0.3 is 0 Å². The first-order valence-electron chi connectivity index (χ1n) is 6.29. The maximum Gasteiger partial charge on any atom is 0.266 e. The minimum Gasteiger partial charge on any atom is -0.380 e. The summed E-state index contributed by atoms with van der Waals surface area (Å²) in [6, 6.07) is 3.33. The fourth-order valence-corrected chi connectivity index (χ4v) is 3.26. The van der Waals surface area contributed by atoms with Gasteiger partial charge in [0.2, 0.25) is 0 Å². The number of nitrogens with one attached hydrogen (secondary N) is 3. The number of hydrogen-bond donors (Lipinski definition) is 3. The van der Waals surface area contributed by atoms with Gasteiger partial charge in [0.1, 0.15) is 10.7 Å². The molecule has 0 aromatic carbocycles. The summed E-state index contributed by atoms with van der Waals surface area (Å²) in [4.78, 5) is 4.22. The van der Waals surface area contributed by atoms with E-state index in [-0.39, 0.29) is 10.7 Å². The largest absolute Gasteiger partial charge is 0.380 e. The molecule has 2 rings (SSSR count). The molecule has 112 valence electrons. The highest BCUT2D eigenvalue weighted by Gasteiger charge is 2.22. The standard InChI is InChI=1S/C13H17N5O2S/c1-4-7-14-11-5-6-12(15-8-11)18-21(19,20)13-9(2)16-17-10(13)3/h4-6,8,14H,1,7H2,2-3H3,(H,15,18)(H,16,17). The van der Waals surface area contributed by atoms with Gasteiger partial charge in [-0.05, 0) is 26.0 Å². The number of anilines is 2. The van der Waals surface area contributed by atoms with Gasteiger partial charge in [0, 0.05) is 6.54 Å². The van der Waals surface area contributed by atoms with Gasteiger partial charge in [-0.25, -0.2) is 13.4 Å². The third kappa shape index (κ3) is 3.40. The molecule has 0 saturated heterocycles. The summed E-state index contributed by atoms with van der Waals surface area (Å²) in [6.07, 6.45) is 3.28. The number of aromatic amines is 1. The molecule has 0 aliphatic rings. The van der Waals surface area contributed by atoms with Crippen LogP contribution in [0.5, 0.6) is 0 Å². The van der Waals surface area contributed by atoms with Gasteiger partial charge in [0.25, 0.3) is 10.0 Å². The Morgan fingerprint density at radius 3 is 2.67 bits per heavy atom. The Morgan fingerprint density at radius 1 is 1.38 bits per heavy atom. The highest BCUT2D eigenvalue weighted by atomic mass is 32.2. The molecule has 2 heterocycles. The number of nitrogens with zero attached hydrogens (tertiary/aromatic N) is 2. The molecule has 7 nitrogen and oxygen atoms in total. The van der Waals surface area contributed by atoms with Crippen molar-refractivity contribution in [3.8, 4) is 0 Å². The van der Waals surface area contributed by atoms with E-state index in [4.69, 9.17) is 0 Å². The van der Waals surface area contributed by atoms with Crippen molar-refractivity contribution >= 4 is 21.5 Å². The van der Waals surface area contributed by atoms with Gasteiger partial charge in [0.15, 0.2) is 0 Å². The topological polar surface area (TPSA) is 99.8 Å². The first kappa shape index (κ1) is 15.0. The van der Waals surface area contributed by atoms with E-state index >= 15 is 0 Å². The molecule has 21 heavy (non-hydrogen) atoms. The summed E-state index contributed by atoms with van der Waals surface area (Å²) in [5, 5.41) is 9.60. The Morgan fingerprint density at radius 2 is 2.14 bits per heavy atom. The van der Waals surface area contributed by atoms with Crippen molar-refractivity contribution in [3.63, 3.8) is 0 Å². The molecule has 0 unspecified atom stereocenters. The van der Waals surface area contributed by atoms with E-state index in [0.717, 1.165) is 5.69 Å². The molecule has 2 aromatic rings. The van der Waals surface area contributed by atoms with E-state index in [0.29, 0.717) is 17.9 Å². The number of aromatic nitrogens is 3. The van der Waals surface area contributed by atoms with Crippen LogP contribution in [-0.4, -0.2) is 30.1 Å². The molecule has 0 aliphatic heterocycles. The third-order valence-electron chi connectivity index (χ3n) is 2.78. The monoisotopic (exact) mass is 307 g/mol. The van der Waals surface area contributed by atoms with Gasteiger partial charge in [0.05, 0.1) is 23.3 Å². The second-order valence-electron chi connectivity index (χ2n) is 4.47. The second-order valence-corrected chi connectivity index (χ2v) is 6.09. The molecule has 8 heteroatoms. The van der Waals surface area contributed by atoms with Crippen molar-refractivity contribution < 1.29 is 8.42 Å². The molecular formula is C13H17N5O2S. The summed E-state index contributed by atoms with van der Waals surface area (Å²) in [7, 11) is -3.70. The maximum absolute atomic E-state index is 12.3. The van der Waals surface area contributed by atoms with Gasteiger partial charge in [-0.15, -0.1) is 6.58 Å². The number of aryl methyl sites for hydroxylation is 2.